The van der Waals surface area contributed by atoms with Crippen LogP contribution < -0.4 is 10.8 Å². The quantitative estimate of drug-likeness (QED) is 0.876. The van der Waals surface area contributed by atoms with E-state index in [9.17, 15) is 13.6 Å². The fraction of sp³-hybridized carbons (Fsp3) is 0.143. The molecular weight excluding hydrogens is 280 g/mol. The van der Waals surface area contributed by atoms with E-state index in [0.717, 1.165) is 18.3 Å². The molecule has 0 spiro atoms. The molecule has 0 saturated heterocycles. The lowest BCUT2D eigenvalue weighted by Crippen LogP contribution is -2.24. The molecule has 0 aliphatic carbocycles. The van der Waals surface area contributed by atoms with E-state index in [1.54, 1.807) is 0 Å². The molecule has 1 aromatic rings. The van der Waals surface area contributed by atoms with Crippen LogP contribution in [0.1, 0.15) is 18.9 Å². The average molecular weight is 291 g/mol. The number of nitrogens with one attached hydrogen (secondary N) is 2. The van der Waals surface area contributed by atoms with Gasteiger partial charge in [-0.2, -0.15) is 0 Å². The third-order valence-electron chi connectivity index (χ3n) is 3.12. The SMILES string of the molecule is CCC1=C2NC(=O)C=NC(c3c(F)cccc3F)=C2NO1. The molecule has 0 aromatic heterocycles. The second kappa shape index (κ2) is 5.01. The second-order valence-corrected chi connectivity index (χ2v) is 4.42. The molecule has 0 unspecified atom stereocenters. The topological polar surface area (TPSA) is 62.7 Å². The van der Waals surface area contributed by atoms with E-state index in [1.807, 2.05) is 6.92 Å². The lowest BCUT2D eigenvalue weighted by atomic mass is 10.1. The maximum absolute atomic E-state index is 14.0. The third kappa shape index (κ3) is 2.16. The fourth-order valence-electron chi connectivity index (χ4n) is 2.16. The molecule has 21 heavy (non-hydrogen) atoms. The smallest absolute Gasteiger partial charge is 0.266 e. The maximum atomic E-state index is 14.0. The third-order valence-corrected chi connectivity index (χ3v) is 3.12. The molecule has 5 nitrogen and oxygen atoms in total. The minimum Gasteiger partial charge on any atom is -0.384 e. The van der Waals surface area contributed by atoms with Gasteiger partial charge in [0.15, 0.2) is 5.76 Å². The number of aliphatic imine (C=N–C) groups is 1. The molecule has 0 bridgehead atoms. The van der Waals surface area contributed by atoms with E-state index >= 15 is 0 Å². The number of amides is 1. The van der Waals surface area contributed by atoms with Crippen LogP contribution in [-0.2, 0) is 9.63 Å². The van der Waals surface area contributed by atoms with Gasteiger partial charge >= 0.3 is 0 Å². The lowest BCUT2D eigenvalue weighted by Gasteiger charge is -2.08. The Labute approximate surface area is 119 Å². The number of hydrogen-bond acceptors (Lipinski definition) is 4. The monoisotopic (exact) mass is 291 g/mol. The van der Waals surface area contributed by atoms with Crippen molar-refractivity contribution in [2.24, 2.45) is 4.99 Å². The molecule has 0 saturated carbocycles. The van der Waals surface area contributed by atoms with Gasteiger partial charge in [-0.25, -0.2) is 19.3 Å². The Hall–Kier alpha value is -2.70. The summed E-state index contributed by atoms with van der Waals surface area (Å²) < 4.78 is 27.9. The van der Waals surface area contributed by atoms with Crippen molar-refractivity contribution < 1.29 is 18.4 Å². The number of halogens is 2. The van der Waals surface area contributed by atoms with Crippen LogP contribution in [-0.4, -0.2) is 12.1 Å². The van der Waals surface area contributed by atoms with Crippen molar-refractivity contribution >= 4 is 17.8 Å². The Morgan fingerprint density at radius 3 is 2.62 bits per heavy atom. The summed E-state index contributed by atoms with van der Waals surface area (Å²) in [6, 6.07) is 3.51. The first-order valence-corrected chi connectivity index (χ1v) is 6.32. The van der Waals surface area contributed by atoms with Gasteiger partial charge in [0.05, 0.1) is 11.8 Å². The Morgan fingerprint density at radius 1 is 1.24 bits per heavy atom. The summed E-state index contributed by atoms with van der Waals surface area (Å²) in [5.74, 6) is -1.56. The Bertz CT molecular complexity index is 703. The van der Waals surface area contributed by atoms with E-state index in [1.165, 1.54) is 6.07 Å². The molecule has 0 radical (unpaired) electrons. The fourth-order valence-corrected chi connectivity index (χ4v) is 2.16. The van der Waals surface area contributed by atoms with Gasteiger partial charge in [0, 0.05) is 6.42 Å². The summed E-state index contributed by atoms with van der Waals surface area (Å²) in [6.45, 7) is 1.83. The first-order chi connectivity index (χ1) is 10.1. The van der Waals surface area contributed by atoms with Crippen LogP contribution in [0.3, 0.4) is 0 Å². The molecule has 2 heterocycles. The summed E-state index contributed by atoms with van der Waals surface area (Å²) in [6.07, 6.45) is 1.48. The summed E-state index contributed by atoms with van der Waals surface area (Å²) >= 11 is 0. The molecular formula is C14H11F2N3O2. The van der Waals surface area contributed by atoms with Crippen molar-refractivity contribution in [2.75, 3.05) is 0 Å². The van der Waals surface area contributed by atoms with Gasteiger partial charge in [-0.3, -0.25) is 4.79 Å². The van der Waals surface area contributed by atoms with Gasteiger partial charge in [-0.15, -0.1) is 0 Å². The largest absolute Gasteiger partial charge is 0.384 e. The number of nitrogens with zero attached hydrogens (tertiary/aromatic N) is 1. The Balaban J connectivity index is 2.26. The van der Waals surface area contributed by atoms with E-state index in [0.29, 0.717) is 17.9 Å². The van der Waals surface area contributed by atoms with Gasteiger partial charge in [0.1, 0.15) is 28.7 Å². The van der Waals surface area contributed by atoms with Crippen molar-refractivity contribution in [2.45, 2.75) is 13.3 Å². The summed E-state index contributed by atoms with van der Waals surface area (Å²) in [5, 5.41) is 2.58. The number of fused-ring (bicyclic) bond motifs is 1. The molecule has 2 aliphatic heterocycles. The predicted molar refractivity (Wildman–Crippen MR) is 71.5 cm³/mol. The van der Waals surface area contributed by atoms with Gasteiger partial charge < -0.3 is 10.2 Å². The molecule has 0 fully saturated rings. The molecule has 2 N–H and O–H groups in total. The zero-order valence-electron chi connectivity index (χ0n) is 11.0. The summed E-state index contributed by atoms with van der Waals surface area (Å²) in [4.78, 5) is 20.8. The van der Waals surface area contributed by atoms with Crippen LogP contribution in [0.2, 0.25) is 0 Å². The predicted octanol–water partition coefficient (Wildman–Crippen LogP) is 1.99. The molecule has 1 aromatic carbocycles. The maximum Gasteiger partial charge on any atom is 0.266 e. The number of rotatable bonds is 2. The summed E-state index contributed by atoms with van der Waals surface area (Å²) in [7, 11) is 0. The number of carbonyl (C=O) groups is 1. The normalized spacial score (nSPS) is 17.2. The van der Waals surface area contributed by atoms with E-state index in [4.69, 9.17) is 4.84 Å². The molecule has 1 amide bonds. The zero-order chi connectivity index (χ0) is 15.0. The van der Waals surface area contributed by atoms with Crippen molar-refractivity contribution in [1.29, 1.82) is 0 Å². The number of hydroxylamine groups is 1. The number of carbonyl (C=O) groups excluding carboxylic acids is 1. The molecule has 2 aliphatic rings. The molecule has 7 heteroatoms. The van der Waals surface area contributed by atoms with Crippen LogP contribution in [0.15, 0.2) is 40.3 Å². The van der Waals surface area contributed by atoms with Gasteiger partial charge in [0.2, 0.25) is 0 Å². The molecule has 3 rings (SSSR count). The first-order valence-electron chi connectivity index (χ1n) is 6.32. The molecule has 108 valence electrons. The standard InChI is InChI=1S/C14H11F2N3O2/c1-2-9-12-14(19-21-9)13(17-6-10(20)18-12)11-7(15)4-3-5-8(11)16/h3-6,19H,2H2,1H3,(H,18,20). The van der Waals surface area contributed by atoms with Crippen LogP contribution in [0.5, 0.6) is 0 Å². The van der Waals surface area contributed by atoms with Crippen LogP contribution in [0.25, 0.3) is 5.70 Å². The minimum atomic E-state index is -0.768. The number of hydrogen-bond donors (Lipinski definition) is 2. The zero-order valence-corrected chi connectivity index (χ0v) is 11.0. The Kier molecular flexibility index (Phi) is 3.17. The lowest BCUT2D eigenvalue weighted by molar-refractivity contribution is -0.113. The summed E-state index contributed by atoms with van der Waals surface area (Å²) in [5.41, 5.74) is 2.81. The highest BCUT2D eigenvalue weighted by atomic mass is 19.1. The van der Waals surface area contributed by atoms with E-state index in [-0.39, 0.29) is 17.0 Å². The van der Waals surface area contributed by atoms with Crippen molar-refractivity contribution in [3.8, 4) is 0 Å². The second-order valence-electron chi connectivity index (χ2n) is 4.42. The number of benzene rings is 1. The van der Waals surface area contributed by atoms with Gasteiger partial charge in [0.25, 0.3) is 5.91 Å². The van der Waals surface area contributed by atoms with E-state index < -0.39 is 17.5 Å². The van der Waals surface area contributed by atoms with Gasteiger partial charge in [-0.1, -0.05) is 13.0 Å². The van der Waals surface area contributed by atoms with Gasteiger partial charge in [-0.05, 0) is 12.1 Å². The Morgan fingerprint density at radius 2 is 1.95 bits per heavy atom. The van der Waals surface area contributed by atoms with Crippen molar-refractivity contribution in [1.82, 2.24) is 10.8 Å². The first kappa shape index (κ1) is 13.3. The minimum absolute atomic E-state index is 0.0256. The average Bonchev–Trinajstić information content (AvgIpc) is 2.77. The highest BCUT2D eigenvalue weighted by molar-refractivity contribution is 6.28. The number of allylic oxidation sites excluding steroid dienone is 1. The van der Waals surface area contributed by atoms with Crippen molar-refractivity contribution in [3.63, 3.8) is 0 Å². The van der Waals surface area contributed by atoms with Crippen molar-refractivity contribution in [3.05, 3.63) is 52.6 Å². The molecule has 0 atom stereocenters. The van der Waals surface area contributed by atoms with Crippen LogP contribution in [0, 0.1) is 11.6 Å². The van der Waals surface area contributed by atoms with Crippen LogP contribution >= 0.6 is 0 Å². The highest BCUT2D eigenvalue weighted by Gasteiger charge is 2.30. The van der Waals surface area contributed by atoms with E-state index in [2.05, 4.69) is 15.8 Å². The highest BCUT2D eigenvalue weighted by Crippen LogP contribution is 2.32. The van der Waals surface area contributed by atoms with Crippen LogP contribution in [0.4, 0.5) is 8.78 Å².